The van der Waals surface area contributed by atoms with Crippen LogP contribution in [0.4, 0.5) is 0 Å². The van der Waals surface area contributed by atoms with Gasteiger partial charge in [0.25, 0.3) is 5.91 Å². The van der Waals surface area contributed by atoms with Crippen molar-refractivity contribution in [3.05, 3.63) is 46.9 Å². The third-order valence-corrected chi connectivity index (χ3v) is 4.64. The Kier molecular flexibility index (Phi) is 4.49. The number of hydrogen-bond acceptors (Lipinski definition) is 5. The maximum absolute atomic E-state index is 12.7. The molecule has 0 aliphatic carbocycles. The van der Waals surface area contributed by atoms with Gasteiger partial charge in [-0.15, -0.1) is 0 Å². The number of halogens is 1. The summed E-state index contributed by atoms with van der Waals surface area (Å²) < 4.78 is 12.4. The molecule has 0 bridgehead atoms. The van der Waals surface area contributed by atoms with Gasteiger partial charge in [-0.3, -0.25) is 14.6 Å². The van der Waals surface area contributed by atoms with Gasteiger partial charge in [0.05, 0.1) is 17.3 Å². The first-order valence-corrected chi connectivity index (χ1v) is 8.85. The molecule has 9 heteroatoms. The molecule has 0 unspecified atom stereocenters. The number of fused-ring (bicyclic) bond motifs is 1. The summed E-state index contributed by atoms with van der Waals surface area (Å²) in [6.07, 6.45) is 1.75. The zero-order valence-electron chi connectivity index (χ0n) is 14.9. The van der Waals surface area contributed by atoms with Crippen molar-refractivity contribution in [1.82, 2.24) is 24.9 Å². The predicted molar refractivity (Wildman–Crippen MR) is 98.9 cm³/mol. The molecule has 0 atom stereocenters. The van der Waals surface area contributed by atoms with Crippen LogP contribution >= 0.6 is 11.6 Å². The number of hydrogen-bond donors (Lipinski definition) is 1. The van der Waals surface area contributed by atoms with E-state index in [0.717, 1.165) is 12.1 Å². The molecule has 1 amide bonds. The van der Waals surface area contributed by atoms with E-state index in [9.17, 15) is 4.79 Å². The fourth-order valence-electron chi connectivity index (χ4n) is 2.84. The van der Waals surface area contributed by atoms with Crippen LogP contribution in [-0.4, -0.2) is 44.6 Å². The highest BCUT2D eigenvalue weighted by atomic mass is 35.5. The smallest absolute Gasteiger partial charge is 0.271 e. The molecular formula is C18H18ClN5O3. The van der Waals surface area contributed by atoms with E-state index in [-0.39, 0.29) is 12.7 Å². The van der Waals surface area contributed by atoms with E-state index in [4.69, 9.17) is 21.1 Å². The van der Waals surface area contributed by atoms with E-state index < -0.39 is 0 Å². The standard InChI is InChI=1S/C18H18ClN5O3/c1-3-24-8-12(19)15(22-24)9-23(2)18(25)14-7-13(20-21-14)11-4-5-16-17(6-11)27-10-26-16/h4-8H,3,9-10H2,1-2H3,(H,20,21). The monoisotopic (exact) mass is 387 g/mol. The Bertz CT molecular complexity index is 997. The molecule has 0 spiro atoms. The van der Waals surface area contributed by atoms with E-state index >= 15 is 0 Å². The van der Waals surface area contributed by atoms with E-state index in [2.05, 4.69) is 15.3 Å². The molecule has 1 aromatic carbocycles. The second-order valence-electron chi connectivity index (χ2n) is 6.18. The van der Waals surface area contributed by atoms with Crippen molar-refractivity contribution in [2.75, 3.05) is 13.8 Å². The molecule has 2 aromatic heterocycles. The number of carbonyl (C=O) groups excluding carboxylic acids is 1. The van der Waals surface area contributed by atoms with Crippen molar-refractivity contribution in [2.24, 2.45) is 0 Å². The number of amides is 1. The number of aromatic nitrogens is 4. The first-order chi connectivity index (χ1) is 13.0. The van der Waals surface area contributed by atoms with E-state index in [1.165, 1.54) is 0 Å². The van der Waals surface area contributed by atoms with E-state index in [1.807, 2.05) is 25.1 Å². The Labute approximate surface area is 160 Å². The largest absolute Gasteiger partial charge is 0.454 e. The lowest BCUT2D eigenvalue weighted by atomic mass is 10.1. The molecule has 4 rings (SSSR count). The summed E-state index contributed by atoms with van der Waals surface area (Å²) in [5.74, 6) is 1.17. The molecule has 0 radical (unpaired) electrons. The highest BCUT2D eigenvalue weighted by Crippen LogP contribution is 2.35. The van der Waals surface area contributed by atoms with Crippen molar-refractivity contribution >= 4 is 17.5 Å². The highest BCUT2D eigenvalue weighted by molar-refractivity contribution is 6.31. The summed E-state index contributed by atoms with van der Waals surface area (Å²) in [6.45, 7) is 3.22. The average molecular weight is 388 g/mol. The third-order valence-electron chi connectivity index (χ3n) is 4.32. The van der Waals surface area contributed by atoms with Gasteiger partial charge in [-0.05, 0) is 31.2 Å². The molecule has 1 aliphatic rings. The Balaban J connectivity index is 1.50. The van der Waals surface area contributed by atoms with Crippen molar-refractivity contribution in [2.45, 2.75) is 20.0 Å². The number of nitrogens with one attached hydrogen (secondary N) is 1. The number of benzene rings is 1. The van der Waals surface area contributed by atoms with Crippen LogP contribution in [-0.2, 0) is 13.1 Å². The quantitative estimate of drug-likeness (QED) is 0.727. The fourth-order valence-corrected chi connectivity index (χ4v) is 3.05. The Morgan fingerprint density at radius 2 is 2.15 bits per heavy atom. The fraction of sp³-hybridized carbons (Fsp3) is 0.278. The molecule has 1 aliphatic heterocycles. The zero-order valence-corrected chi connectivity index (χ0v) is 15.7. The lowest BCUT2D eigenvalue weighted by molar-refractivity contribution is 0.0777. The van der Waals surface area contributed by atoms with Crippen LogP contribution in [0.15, 0.2) is 30.5 Å². The summed E-state index contributed by atoms with van der Waals surface area (Å²) >= 11 is 6.19. The minimum absolute atomic E-state index is 0.198. The van der Waals surface area contributed by atoms with E-state index in [1.54, 1.807) is 28.9 Å². The van der Waals surface area contributed by atoms with Gasteiger partial charge in [0.2, 0.25) is 6.79 Å². The topological polar surface area (TPSA) is 85.3 Å². The number of ether oxygens (including phenoxy) is 2. The number of nitrogens with zero attached hydrogens (tertiary/aromatic N) is 4. The van der Waals surface area contributed by atoms with Gasteiger partial charge < -0.3 is 14.4 Å². The van der Waals surface area contributed by atoms with Gasteiger partial charge in [-0.1, -0.05) is 11.6 Å². The first kappa shape index (κ1) is 17.4. The lowest BCUT2D eigenvalue weighted by Crippen LogP contribution is -2.27. The minimum atomic E-state index is -0.198. The minimum Gasteiger partial charge on any atom is -0.454 e. The second kappa shape index (κ2) is 6.96. The predicted octanol–water partition coefficient (Wildman–Crippen LogP) is 2.95. The van der Waals surface area contributed by atoms with Crippen molar-refractivity contribution in [1.29, 1.82) is 0 Å². The van der Waals surface area contributed by atoms with Crippen molar-refractivity contribution in [3.63, 3.8) is 0 Å². The van der Waals surface area contributed by atoms with Crippen LogP contribution in [0.2, 0.25) is 5.02 Å². The SMILES string of the molecule is CCn1cc(Cl)c(CN(C)C(=O)c2cc(-c3ccc4c(c3)OCO4)n[nH]2)n1. The van der Waals surface area contributed by atoms with Crippen LogP contribution in [0.5, 0.6) is 11.5 Å². The summed E-state index contributed by atoms with van der Waals surface area (Å²) in [6, 6.07) is 7.25. The van der Waals surface area contributed by atoms with E-state index in [0.29, 0.717) is 40.1 Å². The molecule has 3 aromatic rings. The van der Waals surface area contributed by atoms with Crippen LogP contribution in [0.25, 0.3) is 11.3 Å². The maximum Gasteiger partial charge on any atom is 0.271 e. The second-order valence-corrected chi connectivity index (χ2v) is 6.58. The number of H-pyrrole nitrogens is 1. The summed E-state index contributed by atoms with van der Waals surface area (Å²) in [4.78, 5) is 14.2. The molecule has 3 heterocycles. The number of rotatable bonds is 5. The molecule has 0 saturated heterocycles. The van der Waals surface area contributed by atoms with Crippen LogP contribution in [0, 0.1) is 0 Å². The van der Waals surface area contributed by atoms with Gasteiger partial charge in [-0.2, -0.15) is 10.2 Å². The molecular weight excluding hydrogens is 370 g/mol. The molecule has 140 valence electrons. The molecule has 0 fully saturated rings. The van der Waals surface area contributed by atoms with Crippen molar-refractivity contribution < 1.29 is 14.3 Å². The maximum atomic E-state index is 12.7. The molecule has 8 nitrogen and oxygen atoms in total. The zero-order chi connectivity index (χ0) is 19.0. The Morgan fingerprint density at radius 3 is 2.93 bits per heavy atom. The van der Waals surface area contributed by atoms with Crippen LogP contribution in [0.1, 0.15) is 23.1 Å². The van der Waals surface area contributed by atoms with Gasteiger partial charge in [0, 0.05) is 25.4 Å². The summed E-state index contributed by atoms with van der Waals surface area (Å²) in [5, 5.41) is 12.0. The summed E-state index contributed by atoms with van der Waals surface area (Å²) in [7, 11) is 1.70. The summed E-state index contributed by atoms with van der Waals surface area (Å²) in [5.41, 5.74) is 2.53. The average Bonchev–Trinajstić information content (AvgIpc) is 3.40. The number of aryl methyl sites for hydroxylation is 1. The van der Waals surface area contributed by atoms with Gasteiger partial charge in [0.15, 0.2) is 11.5 Å². The first-order valence-electron chi connectivity index (χ1n) is 8.48. The Morgan fingerprint density at radius 1 is 1.33 bits per heavy atom. The lowest BCUT2D eigenvalue weighted by Gasteiger charge is -2.14. The Hall–Kier alpha value is -3.00. The van der Waals surface area contributed by atoms with Gasteiger partial charge in [-0.25, -0.2) is 0 Å². The highest BCUT2D eigenvalue weighted by Gasteiger charge is 2.19. The van der Waals surface area contributed by atoms with Gasteiger partial charge in [0.1, 0.15) is 11.4 Å². The van der Waals surface area contributed by atoms with Crippen molar-refractivity contribution in [3.8, 4) is 22.8 Å². The molecule has 1 N–H and O–H groups in total. The van der Waals surface area contributed by atoms with Gasteiger partial charge >= 0.3 is 0 Å². The third kappa shape index (κ3) is 3.35. The number of carbonyl (C=O) groups is 1. The van der Waals surface area contributed by atoms with Crippen LogP contribution in [0.3, 0.4) is 0 Å². The molecule has 27 heavy (non-hydrogen) atoms. The molecule has 0 saturated carbocycles. The van der Waals surface area contributed by atoms with Crippen LogP contribution < -0.4 is 9.47 Å². The number of aromatic amines is 1. The normalized spacial score (nSPS) is 12.4.